The highest BCUT2D eigenvalue weighted by Gasteiger charge is 2.25. The van der Waals surface area contributed by atoms with Crippen LogP contribution in [0.1, 0.15) is 75.2 Å². The van der Waals surface area contributed by atoms with Crippen LogP contribution in [0.15, 0.2) is 42.0 Å². The molecule has 2 aromatic rings. The van der Waals surface area contributed by atoms with Crippen molar-refractivity contribution >= 4 is 29.8 Å². The third-order valence-electron chi connectivity index (χ3n) is 6.21. The molecule has 2 aromatic carbocycles. The molecule has 12 nitrogen and oxygen atoms in total. The molecule has 0 aliphatic heterocycles. The SMILES string of the molecule is CCCCCCCCOC(=O)c1ccccc1OC(=O)Oc1cc(C=C(C#N)C(=O)N(CC)CC)cc([N+](=O)[O-])c1O. The van der Waals surface area contributed by atoms with Crippen molar-refractivity contribution in [3.05, 3.63) is 63.2 Å². The smallest absolute Gasteiger partial charge is 0.499 e. The fraction of sp³-hybridized carbons (Fsp3) is 0.400. The van der Waals surface area contributed by atoms with Gasteiger partial charge in [-0.3, -0.25) is 14.9 Å². The number of hydrogen-bond donors (Lipinski definition) is 1. The number of carbonyl (C=O) groups is 3. The molecular formula is C30H35N3O9. The first-order valence-corrected chi connectivity index (χ1v) is 13.7. The number of unbranched alkanes of at least 4 members (excludes halogenated alkanes) is 5. The number of aromatic hydroxyl groups is 1. The van der Waals surface area contributed by atoms with E-state index in [0.717, 1.165) is 50.3 Å². The van der Waals surface area contributed by atoms with Gasteiger partial charge in [0.05, 0.1) is 11.5 Å². The van der Waals surface area contributed by atoms with Crippen molar-refractivity contribution in [2.75, 3.05) is 19.7 Å². The summed E-state index contributed by atoms with van der Waals surface area (Å²) in [4.78, 5) is 49.9. The standard InChI is InChI=1S/C30H35N3O9/c1-4-7-8-9-10-13-16-40-29(36)23-14-11-12-15-25(23)41-30(37)42-26-19-21(18-24(27(26)34)33(38)39)17-22(20-31)28(35)32(5-2)6-3/h11-12,14-15,17-19,34H,4-10,13,16H2,1-3H3. The van der Waals surface area contributed by atoms with Crippen molar-refractivity contribution in [2.24, 2.45) is 0 Å². The number of likely N-dealkylation sites (N-methyl/N-ethyl adjacent to an activating group) is 1. The number of amides is 1. The Labute approximate surface area is 244 Å². The van der Waals surface area contributed by atoms with Crippen molar-refractivity contribution < 1.29 is 38.6 Å². The predicted octanol–water partition coefficient (Wildman–Crippen LogP) is 6.17. The molecular weight excluding hydrogens is 546 g/mol. The zero-order chi connectivity index (χ0) is 31.1. The van der Waals surface area contributed by atoms with Crippen LogP contribution in [-0.4, -0.2) is 52.7 Å². The number of nitriles is 1. The molecule has 0 radical (unpaired) electrons. The van der Waals surface area contributed by atoms with Crippen LogP contribution in [0.5, 0.6) is 17.2 Å². The normalized spacial score (nSPS) is 10.9. The Balaban J connectivity index is 2.23. The number of nitro groups is 1. The van der Waals surface area contributed by atoms with Crippen LogP contribution in [0.25, 0.3) is 6.08 Å². The maximum Gasteiger partial charge on any atom is 0.519 e. The molecule has 0 aliphatic carbocycles. The van der Waals surface area contributed by atoms with Crippen LogP contribution in [0.2, 0.25) is 0 Å². The van der Waals surface area contributed by atoms with Gasteiger partial charge in [0.2, 0.25) is 5.75 Å². The second-order valence-corrected chi connectivity index (χ2v) is 9.15. The van der Waals surface area contributed by atoms with Gasteiger partial charge in [-0.25, -0.2) is 9.59 Å². The summed E-state index contributed by atoms with van der Waals surface area (Å²) >= 11 is 0. The summed E-state index contributed by atoms with van der Waals surface area (Å²) in [5.41, 5.74) is -1.25. The Morgan fingerprint density at radius 1 is 1.00 bits per heavy atom. The van der Waals surface area contributed by atoms with E-state index >= 15 is 0 Å². The van der Waals surface area contributed by atoms with Crippen molar-refractivity contribution in [2.45, 2.75) is 59.3 Å². The monoisotopic (exact) mass is 581 g/mol. The molecule has 224 valence electrons. The topological polar surface area (TPSA) is 169 Å². The molecule has 0 heterocycles. The summed E-state index contributed by atoms with van der Waals surface area (Å²) in [6, 6.07) is 9.53. The zero-order valence-corrected chi connectivity index (χ0v) is 24.0. The summed E-state index contributed by atoms with van der Waals surface area (Å²) in [5, 5.41) is 31.4. The third kappa shape index (κ3) is 9.62. The Kier molecular flexibility index (Phi) is 13.5. The number of para-hydroxylation sites is 1. The number of rotatable bonds is 15. The second-order valence-electron chi connectivity index (χ2n) is 9.15. The fourth-order valence-corrected chi connectivity index (χ4v) is 3.95. The number of nitrogens with zero attached hydrogens (tertiary/aromatic N) is 3. The minimum atomic E-state index is -1.41. The number of nitro benzene ring substituents is 1. The van der Waals surface area contributed by atoms with Gasteiger partial charge in [-0.05, 0) is 50.1 Å². The van der Waals surface area contributed by atoms with E-state index in [9.17, 15) is 34.9 Å². The third-order valence-corrected chi connectivity index (χ3v) is 6.21. The molecule has 1 amide bonds. The molecule has 12 heteroatoms. The van der Waals surface area contributed by atoms with E-state index in [2.05, 4.69) is 6.92 Å². The van der Waals surface area contributed by atoms with E-state index in [1.54, 1.807) is 26.0 Å². The van der Waals surface area contributed by atoms with Crippen LogP contribution in [0, 0.1) is 21.4 Å². The van der Waals surface area contributed by atoms with Crippen LogP contribution in [0.3, 0.4) is 0 Å². The summed E-state index contributed by atoms with van der Waals surface area (Å²) in [5.74, 6) is -3.12. The lowest BCUT2D eigenvalue weighted by atomic mass is 10.1. The average molecular weight is 582 g/mol. The van der Waals surface area contributed by atoms with Crippen molar-refractivity contribution in [3.63, 3.8) is 0 Å². The molecule has 0 aliphatic rings. The van der Waals surface area contributed by atoms with Gasteiger partial charge in [0.1, 0.15) is 23.0 Å². The number of ether oxygens (including phenoxy) is 3. The Bertz CT molecular complexity index is 1340. The molecule has 0 fully saturated rings. The lowest BCUT2D eigenvalue weighted by molar-refractivity contribution is -0.385. The number of phenols is 1. The first-order chi connectivity index (χ1) is 20.2. The second kappa shape index (κ2) is 17.0. The van der Waals surface area contributed by atoms with Crippen LogP contribution in [-0.2, 0) is 9.53 Å². The quantitative estimate of drug-likeness (QED) is 0.0488. The minimum absolute atomic E-state index is 0.0408. The molecule has 42 heavy (non-hydrogen) atoms. The Morgan fingerprint density at radius 3 is 2.29 bits per heavy atom. The molecule has 2 rings (SSSR count). The van der Waals surface area contributed by atoms with E-state index in [1.807, 2.05) is 0 Å². The molecule has 0 aromatic heterocycles. The van der Waals surface area contributed by atoms with E-state index in [-0.39, 0.29) is 29.1 Å². The minimum Gasteiger partial charge on any atom is -0.499 e. The van der Waals surface area contributed by atoms with E-state index in [0.29, 0.717) is 19.5 Å². The highest BCUT2D eigenvalue weighted by molar-refractivity contribution is 6.02. The van der Waals surface area contributed by atoms with Gasteiger partial charge in [0.25, 0.3) is 5.91 Å². The first kappa shape index (κ1) is 33.3. The molecule has 0 atom stereocenters. The van der Waals surface area contributed by atoms with E-state index in [4.69, 9.17) is 14.2 Å². The van der Waals surface area contributed by atoms with Gasteiger partial charge in [-0.15, -0.1) is 0 Å². The fourth-order valence-electron chi connectivity index (χ4n) is 3.95. The molecule has 0 unspecified atom stereocenters. The van der Waals surface area contributed by atoms with Crippen molar-refractivity contribution in [1.82, 2.24) is 4.90 Å². The Morgan fingerprint density at radius 2 is 1.64 bits per heavy atom. The molecule has 0 bridgehead atoms. The molecule has 1 N–H and O–H groups in total. The highest BCUT2D eigenvalue weighted by atomic mass is 16.7. The summed E-state index contributed by atoms with van der Waals surface area (Å²) < 4.78 is 15.5. The summed E-state index contributed by atoms with van der Waals surface area (Å²) in [6.45, 7) is 6.45. The van der Waals surface area contributed by atoms with E-state index in [1.165, 1.54) is 23.1 Å². The lowest BCUT2D eigenvalue weighted by Gasteiger charge is -2.17. The van der Waals surface area contributed by atoms with Crippen molar-refractivity contribution in [1.29, 1.82) is 5.26 Å². The average Bonchev–Trinajstić information content (AvgIpc) is 2.97. The summed E-state index contributed by atoms with van der Waals surface area (Å²) in [7, 11) is 0. The number of hydrogen-bond acceptors (Lipinski definition) is 10. The zero-order valence-electron chi connectivity index (χ0n) is 24.0. The van der Waals surface area contributed by atoms with Gasteiger partial charge >= 0.3 is 17.8 Å². The van der Waals surface area contributed by atoms with Gasteiger partial charge in [-0.1, -0.05) is 51.2 Å². The number of benzene rings is 2. The van der Waals surface area contributed by atoms with Gasteiger partial charge in [-0.2, -0.15) is 5.26 Å². The predicted molar refractivity (Wildman–Crippen MR) is 153 cm³/mol. The van der Waals surface area contributed by atoms with Crippen LogP contribution < -0.4 is 9.47 Å². The molecule has 0 saturated carbocycles. The Hall–Kier alpha value is -4.92. The van der Waals surface area contributed by atoms with Gasteiger partial charge in [0, 0.05) is 19.2 Å². The number of phenolic OH excluding ortho intramolecular Hbond substituents is 1. The van der Waals surface area contributed by atoms with E-state index < -0.39 is 40.1 Å². The maximum absolute atomic E-state index is 12.6. The molecule has 0 saturated heterocycles. The largest absolute Gasteiger partial charge is 0.519 e. The lowest BCUT2D eigenvalue weighted by Crippen LogP contribution is -2.31. The van der Waals surface area contributed by atoms with Crippen molar-refractivity contribution in [3.8, 4) is 23.3 Å². The van der Waals surface area contributed by atoms with Crippen LogP contribution >= 0.6 is 0 Å². The highest BCUT2D eigenvalue weighted by Crippen LogP contribution is 2.38. The number of carbonyl (C=O) groups excluding carboxylic acids is 3. The molecule has 0 spiro atoms. The van der Waals surface area contributed by atoms with Gasteiger partial charge < -0.3 is 24.2 Å². The van der Waals surface area contributed by atoms with Gasteiger partial charge in [0.15, 0.2) is 5.75 Å². The van der Waals surface area contributed by atoms with Crippen LogP contribution in [0.4, 0.5) is 10.5 Å². The first-order valence-electron chi connectivity index (χ1n) is 13.7. The summed E-state index contributed by atoms with van der Waals surface area (Å²) in [6.07, 6.45) is 5.74. The maximum atomic E-state index is 12.6. The number of esters is 1.